The molecule has 0 saturated carbocycles. The molecule has 0 fully saturated rings. The molecule has 1 aliphatic rings. The zero-order chi connectivity index (χ0) is 19.7. The number of fused-ring (bicyclic) bond motifs is 2. The predicted octanol–water partition coefficient (Wildman–Crippen LogP) is 2.82. The zero-order valence-electron chi connectivity index (χ0n) is 16.0. The Balaban J connectivity index is 1.54. The number of nitrogens with zero attached hydrogens (tertiary/aromatic N) is 2. The van der Waals surface area contributed by atoms with E-state index in [9.17, 15) is 9.59 Å². The van der Waals surface area contributed by atoms with Crippen LogP contribution < -0.4 is 20.5 Å². The SMILES string of the molecule is CCCn1c(=O)n(CC(=O)NC(C)c2ccc3c(c2)OCO3)c2ccccc21. The number of aryl methyl sites for hydroxylation is 1. The summed E-state index contributed by atoms with van der Waals surface area (Å²) in [5.41, 5.74) is 2.38. The first-order valence-electron chi connectivity index (χ1n) is 9.45. The Hall–Kier alpha value is -3.22. The van der Waals surface area contributed by atoms with Gasteiger partial charge in [0.2, 0.25) is 12.7 Å². The number of benzene rings is 2. The lowest BCUT2D eigenvalue weighted by Gasteiger charge is -2.15. The number of para-hydroxylation sites is 2. The van der Waals surface area contributed by atoms with Crippen LogP contribution in [0.1, 0.15) is 31.9 Å². The quantitative estimate of drug-likeness (QED) is 0.713. The highest BCUT2D eigenvalue weighted by atomic mass is 16.7. The van der Waals surface area contributed by atoms with Crippen LogP contribution in [0, 0.1) is 0 Å². The van der Waals surface area contributed by atoms with Gasteiger partial charge in [0.15, 0.2) is 11.5 Å². The molecule has 0 bridgehead atoms. The molecule has 1 aromatic heterocycles. The zero-order valence-corrected chi connectivity index (χ0v) is 16.0. The lowest BCUT2D eigenvalue weighted by molar-refractivity contribution is -0.122. The molecule has 2 aromatic carbocycles. The normalized spacial score (nSPS) is 13.6. The second-order valence-corrected chi connectivity index (χ2v) is 6.91. The van der Waals surface area contributed by atoms with Crippen LogP contribution in [-0.2, 0) is 17.9 Å². The van der Waals surface area contributed by atoms with Crippen molar-refractivity contribution in [2.75, 3.05) is 6.79 Å². The third kappa shape index (κ3) is 3.24. The van der Waals surface area contributed by atoms with Crippen molar-refractivity contribution in [3.8, 4) is 11.5 Å². The average Bonchev–Trinajstić information content (AvgIpc) is 3.26. The maximum Gasteiger partial charge on any atom is 0.329 e. The molecule has 1 N–H and O–H groups in total. The molecule has 146 valence electrons. The number of rotatable bonds is 6. The van der Waals surface area contributed by atoms with Crippen LogP contribution in [0.25, 0.3) is 11.0 Å². The molecular formula is C21H23N3O4. The Labute approximate surface area is 162 Å². The first-order valence-corrected chi connectivity index (χ1v) is 9.45. The van der Waals surface area contributed by atoms with Gasteiger partial charge in [0.1, 0.15) is 6.54 Å². The van der Waals surface area contributed by atoms with Gasteiger partial charge in [-0.3, -0.25) is 13.9 Å². The topological polar surface area (TPSA) is 74.5 Å². The van der Waals surface area contributed by atoms with Gasteiger partial charge in [-0.25, -0.2) is 4.79 Å². The molecule has 0 spiro atoms. The van der Waals surface area contributed by atoms with Gasteiger partial charge >= 0.3 is 5.69 Å². The van der Waals surface area contributed by atoms with E-state index in [1.165, 1.54) is 4.57 Å². The van der Waals surface area contributed by atoms with Gasteiger partial charge in [0.05, 0.1) is 17.1 Å². The summed E-state index contributed by atoms with van der Waals surface area (Å²) < 4.78 is 14.0. The van der Waals surface area contributed by atoms with E-state index in [4.69, 9.17) is 9.47 Å². The number of aromatic nitrogens is 2. The van der Waals surface area contributed by atoms with E-state index in [-0.39, 0.29) is 31.0 Å². The van der Waals surface area contributed by atoms with E-state index in [1.54, 1.807) is 4.57 Å². The molecule has 1 aliphatic heterocycles. The molecule has 0 radical (unpaired) electrons. The van der Waals surface area contributed by atoms with Crippen molar-refractivity contribution in [3.63, 3.8) is 0 Å². The average molecular weight is 381 g/mol. The maximum absolute atomic E-state index is 12.8. The Morgan fingerprint density at radius 1 is 1.11 bits per heavy atom. The molecule has 1 atom stereocenters. The number of amides is 1. The number of carbonyl (C=O) groups is 1. The van der Waals surface area contributed by atoms with Gasteiger partial charge < -0.3 is 14.8 Å². The predicted molar refractivity (Wildman–Crippen MR) is 106 cm³/mol. The van der Waals surface area contributed by atoms with Gasteiger partial charge in [0.25, 0.3) is 0 Å². The number of nitrogens with one attached hydrogen (secondary N) is 1. The fraction of sp³-hybridized carbons (Fsp3) is 0.333. The first-order chi connectivity index (χ1) is 13.6. The second-order valence-electron chi connectivity index (χ2n) is 6.91. The van der Waals surface area contributed by atoms with Gasteiger partial charge in [-0.15, -0.1) is 0 Å². The number of carbonyl (C=O) groups excluding carboxylic acids is 1. The fourth-order valence-electron chi connectivity index (χ4n) is 3.56. The molecular weight excluding hydrogens is 358 g/mol. The van der Waals surface area contributed by atoms with Crippen LogP contribution in [0.3, 0.4) is 0 Å². The van der Waals surface area contributed by atoms with Crippen LogP contribution in [0.5, 0.6) is 11.5 Å². The molecule has 7 heteroatoms. The Bertz CT molecular complexity index is 1080. The van der Waals surface area contributed by atoms with Crippen LogP contribution >= 0.6 is 0 Å². The third-order valence-electron chi connectivity index (χ3n) is 4.95. The van der Waals surface area contributed by atoms with E-state index in [1.807, 2.05) is 56.3 Å². The van der Waals surface area contributed by atoms with Crippen molar-refractivity contribution in [1.29, 1.82) is 0 Å². The number of hydrogen-bond donors (Lipinski definition) is 1. The lowest BCUT2D eigenvalue weighted by atomic mass is 10.1. The number of imidazole rings is 1. The highest BCUT2D eigenvalue weighted by Crippen LogP contribution is 2.34. The fourth-order valence-corrected chi connectivity index (χ4v) is 3.56. The molecule has 0 aliphatic carbocycles. The van der Waals surface area contributed by atoms with Gasteiger partial charge in [-0.1, -0.05) is 25.1 Å². The summed E-state index contributed by atoms with van der Waals surface area (Å²) in [5, 5.41) is 2.96. The lowest BCUT2D eigenvalue weighted by Crippen LogP contribution is -2.34. The number of ether oxygens (including phenoxy) is 2. The molecule has 1 amide bonds. The summed E-state index contributed by atoms with van der Waals surface area (Å²) in [6.07, 6.45) is 0.848. The molecule has 4 rings (SSSR count). The van der Waals surface area contributed by atoms with Crippen molar-refractivity contribution in [2.45, 2.75) is 39.4 Å². The minimum atomic E-state index is -0.221. The van der Waals surface area contributed by atoms with Gasteiger partial charge in [0, 0.05) is 6.54 Å². The van der Waals surface area contributed by atoms with Gasteiger partial charge in [-0.05, 0) is 43.2 Å². The minimum Gasteiger partial charge on any atom is -0.454 e. The highest BCUT2D eigenvalue weighted by Gasteiger charge is 2.19. The van der Waals surface area contributed by atoms with Crippen LogP contribution in [0.2, 0.25) is 0 Å². The largest absolute Gasteiger partial charge is 0.454 e. The Morgan fingerprint density at radius 2 is 1.82 bits per heavy atom. The summed E-state index contributed by atoms with van der Waals surface area (Å²) in [7, 11) is 0. The first kappa shape index (κ1) is 18.2. The second kappa shape index (κ2) is 7.42. The molecule has 3 aromatic rings. The van der Waals surface area contributed by atoms with Crippen LogP contribution in [0.4, 0.5) is 0 Å². The molecule has 1 unspecified atom stereocenters. The van der Waals surface area contributed by atoms with Crippen molar-refractivity contribution in [2.24, 2.45) is 0 Å². The van der Waals surface area contributed by atoms with Crippen molar-refractivity contribution in [1.82, 2.24) is 14.5 Å². The smallest absolute Gasteiger partial charge is 0.329 e. The van der Waals surface area contributed by atoms with Crippen molar-refractivity contribution < 1.29 is 14.3 Å². The van der Waals surface area contributed by atoms with Crippen molar-refractivity contribution in [3.05, 3.63) is 58.5 Å². The van der Waals surface area contributed by atoms with E-state index < -0.39 is 0 Å². The van der Waals surface area contributed by atoms with E-state index in [0.717, 1.165) is 23.0 Å². The summed E-state index contributed by atoms with van der Waals surface area (Å²) in [6.45, 7) is 4.74. The summed E-state index contributed by atoms with van der Waals surface area (Å²) in [4.78, 5) is 25.5. The number of hydrogen-bond acceptors (Lipinski definition) is 4. The minimum absolute atomic E-state index is 0.0229. The maximum atomic E-state index is 12.8. The standard InChI is InChI=1S/C21H23N3O4/c1-3-10-23-16-6-4-5-7-17(16)24(21(23)26)12-20(25)22-14(2)15-8-9-18-19(11-15)28-13-27-18/h4-9,11,14H,3,10,12-13H2,1-2H3,(H,22,25). The summed E-state index contributed by atoms with van der Waals surface area (Å²) in [5.74, 6) is 1.17. The Kier molecular flexibility index (Phi) is 4.81. The van der Waals surface area contributed by atoms with E-state index in [2.05, 4.69) is 5.32 Å². The van der Waals surface area contributed by atoms with E-state index >= 15 is 0 Å². The summed E-state index contributed by atoms with van der Waals surface area (Å²) in [6, 6.07) is 12.9. The van der Waals surface area contributed by atoms with Crippen LogP contribution in [0.15, 0.2) is 47.3 Å². The summed E-state index contributed by atoms with van der Waals surface area (Å²) >= 11 is 0. The van der Waals surface area contributed by atoms with E-state index in [0.29, 0.717) is 18.0 Å². The molecule has 28 heavy (non-hydrogen) atoms. The monoisotopic (exact) mass is 381 g/mol. The highest BCUT2D eigenvalue weighted by molar-refractivity contribution is 5.81. The molecule has 2 heterocycles. The van der Waals surface area contributed by atoms with Gasteiger partial charge in [-0.2, -0.15) is 0 Å². The van der Waals surface area contributed by atoms with Crippen molar-refractivity contribution >= 4 is 16.9 Å². The third-order valence-corrected chi connectivity index (χ3v) is 4.95. The molecule has 0 saturated heterocycles. The van der Waals surface area contributed by atoms with Crippen LogP contribution in [-0.4, -0.2) is 21.8 Å². The molecule has 7 nitrogen and oxygen atoms in total. The Morgan fingerprint density at radius 3 is 2.57 bits per heavy atom.